The Labute approximate surface area is 158 Å². The predicted octanol–water partition coefficient (Wildman–Crippen LogP) is 2.94. The normalized spacial score (nSPS) is 16.8. The Morgan fingerprint density at radius 3 is 2.04 bits per heavy atom. The van der Waals surface area contributed by atoms with Gasteiger partial charge in [-0.2, -0.15) is 0 Å². The number of benzene rings is 2. The maximum Gasteiger partial charge on any atom is 0.261 e. The van der Waals surface area contributed by atoms with E-state index in [1.807, 2.05) is 32.9 Å². The minimum absolute atomic E-state index is 0.00951. The number of nitrogens with one attached hydrogen (secondary N) is 3. The molecule has 1 heterocycles. The van der Waals surface area contributed by atoms with Crippen LogP contribution >= 0.6 is 0 Å². The van der Waals surface area contributed by atoms with Crippen molar-refractivity contribution in [1.29, 1.82) is 0 Å². The minimum Gasteiger partial charge on any atom is -0.324 e. The van der Waals surface area contributed by atoms with Gasteiger partial charge in [0, 0.05) is 0 Å². The van der Waals surface area contributed by atoms with E-state index >= 15 is 0 Å². The number of fused-ring (bicyclic) bond motifs is 1. The number of aryl methyl sites for hydroxylation is 3. The summed E-state index contributed by atoms with van der Waals surface area (Å²) in [5.41, 5.74) is 3.82. The first-order valence-electron chi connectivity index (χ1n) is 8.45. The van der Waals surface area contributed by atoms with Crippen LogP contribution in [0.5, 0.6) is 0 Å². The van der Waals surface area contributed by atoms with Crippen molar-refractivity contribution in [1.82, 2.24) is 0 Å². The summed E-state index contributed by atoms with van der Waals surface area (Å²) in [7, 11) is -3.88. The van der Waals surface area contributed by atoms with E-state index in [9.17, 15) is 18.0 Å². The molecule has 7 nitrogen and oxygen atoms in total. The summed E-state index contributed by atoms with van der Waals surface area (Å²) in [4.78, 5) is 23.9. The van der Waals surface area contributed by atoms with Crippen molar-refractivity contribution >= 4 is 38.9 Å². The van der Waals surface area contributed by atoms with Gasteiger partial charge in [-0.05, 0) is 57.0 Å². The van der Waals surface area contributed by atoms with Gasteiger partial charge in [0.1, 0.15) is 5.92 Å². The van der Waals surface area contributed by atoms with Crippen LogP contribution in [0, 0.1) is 26.7 Å². The van der Waals surface area contributed by atoms with Crippen LogP contribution in [0.1, 0.15) is 23.6 Å². The van der Waals surface area contributed by atoms with Crippen LogP contribution in [0.15, 0.2) is 35.2 Å². The quantitative estimate of drug-likeness (QED) is 0.704. The molecular formula is C19H21N3O4S. The highest BCUT2D eigenvalue weighted by molar-refractivity contribution is 7.92. The average Bonchev–Trinajstić information content (AvgIpc) is 2.68. The molecule has 0 saturated heterocycles. The fourth-order valence-corrected chi connectivity index (χ4v) is 4.27. The SMILES string of the molecule is Cc1cc(C)c(NS(=O)(=O)c2ccc3c(c2)NC(=O)C(C)C(=O)N3)c(C)c1. The van der Waals surface area contributed by atoms with Crippen molar-refractivity contribution in [2.75, 3.05) is 15.4 Å². The van der Waals surface area contributed by atoms with Crippen LogP contribution in [0.4, 0.5) is 17.1 Å². The summed E-state index contributed by atoms with van der Waals surface area (Å²) in [5, 5.41) is 5.21. The van der Waals surface area contributed by atoms with E-state index in [0.29, 0.717) is 11.4 Å². The Morgan fingerprint density at radius 1 is 0.889 bits per heavy atom. The summed E-state index contributed by atoms with van der Waals surface area (Å²) >= 11 is 0. The lowest BCUT2D eigenvalue weighted by Crippen LogP contribution is -2.28. The topological polar surface area (TPSA) is 104 Å². The van der Waals surface area contributed by atoms with Gasteiger partial charge in [0.15, 0.2) is 0 Å². The number of amides is 2. The Bertz CT molecular complexity index is 1040. The van der Waals surface area contributed by atoms with Crippen molar-refractivity contribution in [3.8, 4) is 0 Å². The number of rotatable bonds is 3. The molecular weight excluding hydrogens is 366 g/mol. The summed E-state index contributed by atoms with van der Waals surface area (Å²) in [6, 6.07) is 8.00. The number of sulfonamides is 1. The lowest BCUT2D eigenvalue weighted by atomic mass is 10.1. The first-order valence-corrected chi connectivity index (χ1v) is 9.93. The first-order chi connectivity index (χ1) is 12.6. The molecule has 27 heavy (non-hydrogen) atoms. The standard InChI is InChI=1S/C19H21N3O4S/c1-10-7-11(2)17(12(3)8-10)22-27(25,26)14-5-6-15-16(9-14)21-19(24)13(4)18(23)20-15/h5-9,13,22H,1-4H3,(H,20,23)(H,21,24). The van der Waals surface area contributed by atoms with Crippen LogP contribution in [-0.2, 0) is 19.6 Å². The van der Waals surface area contributed by atoms with E-state index < -0.39 is 27.8 Å². The molecule has 1 aliphatic rings. The third kappa shape index (κ3) is 3.66. The van der Waals surface area contributed by atoms with Gasteiger partial charge in [-0.15, -0.1) is 0 Å². The van der Waals surface area contributed by atoms with E-state index in [4.69, 9.17) is 0 Å². The molecule has 1 unspecified atom stereocenters. The van der Waals surface area contributed by atoms with Crippen molar-refractivity contribution < 1.29 is 18.0 Å². The molecule has 8 heteroatoms. The van der Waals surface area contributed by atoms with Crippen LogP contribution < -0.4 is 15.4 Å². The molecule has 0 aromatic heterocycles. The van der Waals surface area contributed by atoms with Crippen molar-refractivity contribution in [2.24, 2.45) is 5.92 Å². The molecule has 2 aromatic rings. The lowest BCUT2D eigenvalue weighted by molar-refractivity contribution is -0.128. The summed E-state index contributed by atoms with van der Waals surface area (Å²) in [6.45, 7) is 7.11. The maximum absolute atomic E-state index is 12.9. The summed E-state index contributed by atoms with van der Waals surface area (Å²) in [5.74, 6) is -1.79. The largest absolute Gasteiger partial charge is 0.324 e. The second-order valence-corrected chi connectivity index (χ2v) is 8.47. The van der Waals surface area contributed by atoms with Gasteiger partial charge in [-0.25, -0.2) is 8.42 Å². The van der Waals surface area contributed by atoms with Crippen molar-refractivity contribution in [3.63, 3.8) is 0 Å². The molecule has 2 amide bonds. The molecule has 0 fully saturated rings. The van der Waals surface area contributed by atoms with Crippen molar-refractivity contribution in [3.05, 3.63) is 47.0 Å². The van der Waals surface area contributed by atoms with Gasteiger partial charge in [0.25, 0.3) is 10.0 Å². The van der Waals surface area contributed by atoms with E-state index in [-0.39, 0.29) is 10.6 Å². The van der Waals surface area contributed by atoms with E-state index in [1.165, 1.54) is 25.1 Å². The molecule has 0 bridgehead atoms. The Kier molecular flexibility index (Phi) is 4.69. The van der Waals surface area contributed by atoms with Gasteiger partial charge in [0.05, 0.1) is 22.0 Å². The highest BCUT2D eigenvalue weighted by Crippen LogP contribution is 2.31. The third-order valence-electron chi connectivity index (χ3n) is 4.52. The fraction of sp³-hybridized carbons (Fsp3) is 0.263. The number of anilines is 3. The van der Waals surface area contributed by atoms with Gasteiger partial charge < -0.3 is 10.6 Å². The van der Waals surface area contributed by atoms with Crippen LogP contribution in [-0.4, -0.2) is 20.2 Å². The average molecular weight is 387 g/mol. The van der Waals surface area contributed by atoms with E-state index in [1.54, 1.807) is 0 Å². The molecule has 3 rings (SSSR count). The van der Waals surface area contributed by atoms with Crippen LogP contribution in [0.2, 0.25) is 0 Å². The number of hydrogen-bond acceptors (Lipinski definition) is 4. The monoisotopic (exact) mass is 387 g/mol. The molecule has 1 atom stereocenters. The Hall–Kier alpha value is -2.87. The second kappa shape index (κ2) is 6.70. The zero-order valence-electron chi connectivity index (χ0n) is 15.5. The Morgan fingerprint density at radius 2 is 1.44 bits per heavy atom. The summed E-state index contributed by atoms with van der Waals surface area (Å²) in [6.07, 6.45) is 0. The molecule has 3 N–H and O–H groups in total. The highest BCUT2D eigenvalue weighted by atomic mass is 32.2. The Balaban J connectivity index is 1.99. The molecule has 0 spiro atoms. The molecule has 0 aliphatic carbocycles. The molecule has 142 valence electrons. The van der Waals surface area contributed by atoms with Gasteiger partial charge in [0.2, 0.25) is 11.8 Å². The van der Waals surface area contributed by atoms with Gasteiger partial charge in [-0.3, -0.25) is 14.3 Å². The highest BCUT2D eigenvalue weighted by Gasteiger charge is 2.28. The molecule has 2 aromatic carbocycles. The predicted molar refractivity (Wildman–Crippen MR) is 104 cm³/mol. The van der Waals surface area contributed by atoms with Crippen LogP contribution in [0.25, 0.3) is 0 Å². The minimum atomic E-state index is -3.88. The van der Waals surface area contributed by atoms with E-state index in [0.717, 1.165) is 16.7 Å². The third-order valence-corrected chi connectivity index (χ3v) is 5.86. The molecule has 0 saturated carbocycles. The number of hydrogen-bond donors (Lipinski definition) is 3. The second-order valence-electron chi connectivity index (χ2n) is 6.79. The van der Waals surface area contributed by atoms with Gasteiger partial charge >= 0.3 is 0 Å². The van der Waals surface area contributed by atoms with Crippen LogP contribution in [0.3, 0.4) is 0 Å². The zero-order valence-corrected chi connectivity index (χ0v) is 16.3. The van der Waals surface area contributed by atoms with E-state index in [2.05, 4.69) is 15.4 Å². The molecule has 0 radical (unpaired) electrons. The van der Waals surface area contributed by atoms with Gasteiger partial charge in [-0.1, -0.05) is 17.7 Å². The fourth-order valence-electron chi connectivity index (χ4n) is 3.04. The molecule has 1 aliphatic heterocycles. The summed E-state index contributed by atoms with van der Waals surface area (Å²) < 4.78 is 28.3. The van der Waals surface area contributed by atoms with Crippen molar-refractivity contribution in [2.45, 2.75) is 32.6 Å². The lowest BCUT2D eigenvalue weighted by Gasteiger charge is -2.15. The number of carbonyl (C=O) groups is 2. The first kappa shape index (κ1) is 18.9. The maximum atomic E-state index is 12.9. The smallest absolute Gasteiger partial charge is 0.261 e. The zero-order chi connectivity index (χ0) is 19.9. The number of carbonyl (C=O) groups excluding carboxylic acids is 2.